The summed E-state index contributed by atoms with van der Waals surface area (Å²) in [5.74, 6) is 0.539. The normalized spacial score (nSPS) is 12.6. The lowest BCUT2D eigenvalue weighted by molar-refractivity contribution is -0.140. The fourth-order valence-electron chi connectivity index (χ4n) is 1.77. The molecule has 0 aliphatic carbocycles. The van der Waals surface area contributed by atoms with Gasteiger partial charge in [-0.3, -0.25) is 4.79 Å². The quantitative estimate of drug-likeness (QED) is 0.803. The Morgan fingerprint density at radius 1 is 1.22 bits per heavy atom. The largest absolute Gasteiger partial charge is 0.372 e. The first-order valence-corrected chi connectivity index (χ1v) is 6.32. The predicted molar refractivity (Wildman–Crippen MR) is 73.5 cm³/mol. The van der Waals surface area contributed by atoms with Crippen molar-refractivity contribution < 1.29 is 9.53 Å². The fraction of sp³-hybridized carbons (Fsp3) is 0.533. The van der Waals surface area contributed by atoms with Gasteiger partial charge in [0, 0.05) is 20.7 Å². The van der Waals surface area contributed by atoms with Crippen LogP contribution < -0.4 is 0 Å². The molecule has 0 N–H and O–H groups in total. The van der Waals surface area contributed by atoms with Crippen molar-refractivity contribution in [2.24, 2.45) is 0 Å². The maximum atomic E-state index is 11.9. The van der Waals surface area contributed by atoms with Crippen LogP contribution in [0.5, 0.6) is 0 Å². The second-order valence-electron chi connectivity index (χ2n) is 4.97. The van der Waals surface area contributed by atoms with Gasteiger partial charge in [-0.05, 0) is 24.0 Å². The summed E-state index contributed by atoms with van der Waals surface area (Å²) < 4.78 is 5.03. The van der Waals surface area contributed by atoms with Crippen molar-refractivity contribution in [3.63, 3.8) is 0 Å². The van der Waals surface area contributed by atoms with Gasteiger partial charge >= 0.3 is 0 Å². The molecule has 0 radical (unpaired) electrons. The van der Waals surface area contributed by atoms with E-state index in [1.54, 1.807) is 26.0 Å². The number of benzene rings is 1. The van der Waals surface area contributed by atoms with Gasteiger partial charge in [-0.25, -0.2) is 0 Å². The van der Waals surface area contributed by atoms with E-state index < -0.39 is 0 Å². The third-order valence-corrected chi connectivity index (χ3v) is 3.14. The molecule has 1 rings (SSSR count). The summed E-state index contributed by atoms with van der Waals surface area (Å²) in [5, 5.41) is 0. The molecule has 1 unspecified atom stereocenters. The van der Waals surface area contributed by atoms with Crippen molar-refractivity contribution >= 4 is 5.91 Å². The molecule has 0 heterocycles. The SMILES string of the molecule is COC(C)C(=O)N(C)Cc1ccc(C(C)C)cc1. The molecule has 0 saturated carbocycles. The summed E-state index contributed by atoms with van der Waals surface area (Å²) in [5.41, 5.74) is 2.46. The minimum Gasteiger partial charge on any atom is -0.372 e. The van der Waals surface area contributed by atoms with Crippen LogP contribution in [0, 0.1) is 0 Å². The van der Waals surface area contributed by atoms with Gasteiger partial charge in [0.15, 0.2) is 0 Å². The van der Waals surface area contributed by atoms with Crippen LogP contribution in [0.2, 0.25) is 0 Å². The number of rotatable bonds is 5. The molecule has 0 aromatic heterocycles. The number of methoxy groups -OCH3 is 1. The summed E-state index contributed by atoms with van der Waals surface area (Å²) >= 11 is 0. The molecule has 0 bridgehead atoms. The molecular weight excluding hydrogens is 226 g/mol. The molecular formula is C15H23NO2. The molecule has 100 valence electrons. The Bertz CT molecular complexity index is 384. The summed E-state index contributed by atoms with van der Waals surface area (Å²) in [6, 6.07) is 8.41. The molecule has 1 amide bonds. The van der Waals surface area contributed by atoms with Gasteiger partial charge in [-0.2, -0.15) is 0 Å². The molecule has 3 heteroatoms. The van der Waals surface area contributed by atoms with Crippen molar-refractivity contribution in [1.29, 1.82) is 0 Å². The highest BCUT2D eigenvalue weighted by molar-refractivity contribution is 5.80. The maximum absolute atomic E-state index is 11.9. The van der Waals surface area contributed by atoms with Crippen LogP contribution in [0.3, 0.4) is 0 Å². The summed E-state index contributed by atoms with van der Waals surface area (Å²) in [6.45, 7) is 6.72. The Balaban J connectivity index is 2.64. The van der Waals surface area contributed by atoms with Crippen LogP contribution >= 0.6 is 0 Å². The fourth-order valence-corrected chi connectivity index (χ4v) is 1.77. The summed E-state index contributed by atoms with van der Waals surface area (Å²) in [7, 11) is 3.35. The van der Waals surface area contributed by atoms with Gasteiger partial charge in [0.25, 0.3) is 5.91 Å². The van der Waals surface area contributed by atoms with Gasteiger partial charge in [0.05, 0.1) is 0 Å². The lowest BCUT2D eigenvalue weighted by Crippen LogP contribution is -2.35. The van der Waals surface area contributed by atoms with E-state index in [-0.39, 0.29) is 12.0 Å². The van der Waals surface area contributed by atoms with Crippen molar-refractivity contribution in [3.8, 4) is 0 Å². The monoisotopic (exact) mass is 249 g/mol. The van der Waals surface area contributed by atoms with Gasteiger partial charge in [0.2, 0.25) is 0 Å². The molecule has 0 aliphatic rings. The number of nitrogens with zero attached hydrogens (tertiary/aromatic N) is 1. The van der Waals surface area contributed by atoms with E-state index in [1.807, 2.05) is 0 Å². The summed E-state index contributed by atoms with van der Waals surface area (Å²) in [4.78, 5) is 13.5. The number of likely N-dealkylation sites (N-methyl/N-ethyl adjacent to an activating group) is 1. The van der Waals surface area contributed by atoms with E-state index in [9.17, 15) is 4.79 Å². The van der Waals surface area contributed by atoms with Crippen molar-refractivity contribution in [1.82, 2.24) is 4.90 Å². The van der Waals surface area contributed by atoms with E-state index in [4.69, 9.17) is 4.74 Å². The Labute approximate surface area is 110 Å². The van der Waals surface area contributed by atoms with Crippen LogP contribution in [-0.4, -0.2) is 31.1 Å². The molecule has 18 heavy (non-hydrogen) atoms. The summed E-state index contributed by atoms with van der Waals surface area (Å²) in [6.07, 6.45) is -0.384. The molecule has 3 nitrogen and oxygen atoms in total. The zero-order valence-electron chi connectivity index (χ0n) is 11.9. The minimum atomic E-state index is -0.384. The van der Waals surface area contributed by atoms with Crippen LogP contribution in [0.4, 0.5) is 0 Å². The smallest absolute Gasteiger partial charge is 0.251 e. The number of carbonyl (C=O) groups excluding carboxylic acids is 1. The van der Waals surface area contributed by atoms with Gasteiger partial charge in [-0.1, -0.05) is 38.1 Å². The topological polar surface area (TPSA) is 29.5 Å². The average Bonchev–Trinajstić information content (AvgIpc) is 2.37. The molecule has 1 atom stereocenters. The highest BCUT2D eigenvalue weighted by Gasteiger charge is 2.16. The first-order valence-electron chi connectivity index (χ1n) is 6.32. The average molecular weight is 249 g/mol. The third kappa shape index (κ3) is 3.84. The van der Waals surface area contributed by atoms with Crippen LogP contribution in [-0.2, 0) is 16.1 Å². The Morgan fingerprint density at radius 3 is 2.22 bits per heavy atom. The number of hydrogen-bond donors (Lipinski definition) is 0. The third-order valence-electron chi connectivity index (χ3n) is 3.14. The molecule has 0 saturated heterocycles. The Hall–Kier alpha value is -1.35. The molecule has 0 spiro atoms. The lowest BCUT2D eigenvalue weighted by atomic mass is 10.0. The predicted octanol–water partition coefficient (Wildman–Crippen LogP) is 2.80. The molecule has 1 aromatic carbocycles. The number of amides is 1. The second kappa shape index (κ2) is 6.55. The number of carbonyl (C=O) groups is 1. The Morgan fingerprint density at radius 2 is 1.78 bits per heavy atom. The first-order chi connectivity index (χ1) is 8.45. The van der Waals surface area contributed by atoms with Crippen molar-refractivity contribution in [2.75, 3.05) is 14.2 Å². The van der Waals surface area contributed by atoms with Crippen LogP contribution in [0.25, 0.3) is 0 Å². The zero-order chi connectivity index (χ0) is 13.7. The second-order valence-corrected chi connectivity index (χ2v) is 4.97. The van der Waals surface area contributed by atoms with E-state index in [1.165, 1.54) is 5.56 Å². The van der Waals surface area contributed by atoms with E-state index >= 15 is 0 Å². The van der Waals surface area contributed by atoms with E-state index in [0.29, 0.717) is 12.5 Å². The highest BCUT2D eigenvalue weighted by atomic mass is 16.5. The van der Waals surface area contributed by atoms with Gasteiger partial charge in [0.1, 0.15) is 6.10 Å². The van der Waals surface area contributed by atoms with Crippen molar-refractivity contribution in [3.05, 3.63) is 35.4 Å². The lowest BCUT2D eigenvalue weighted by Gasteiger charge is -2.20. The zero-order valence-corrected chi connectivity index (χ0v) is 11.9. The highest BCUT2D eigenvalue weighted by Crippen LogP contribution is 2.15. The minimum absolute atomic E-state index is 0.00503. The Kier molecular flexibility index (Phi) is 5.35. The van der Waals surface area contributed by atoms with Gasteiger partial charge < -0.3 is 9.64 Å². The number of ether oxygens (including phenoxy) is 1. The number of hydrogen-bond acceptors (Lipinski definition) is 2. The van der Waals surface area contributed by atoms with Gasteiger partial charge in [-0.15, -0.1) is 0 Å². The van der Waals surface area contributed by atoms with Crippen LogP contribution in [0.1, 0.15) is 37.8 Å². The van der Waals surface area contributed by atoms with E-state index in [2.05, 4.69) is 38.1 Å². The molecule has 0 fully saturated rings. The first kappa shape index (κ1) is 14.7. The molecule has 0 aliphatic heterocycles. The van der Waals surface area contributed by atoms with Crippen molar-refractivity contribution in [2.45, 2.75) is 39.3 Å². The van der Waals surface area contributed by atoms with Crippen LogP contribution in [0.15, 0.2) is 24.3 Å². The standard InChI is InChI=1S/C15H23NO2/c1-11(2)14-8-6-13(7-9-14)10-16(4)15(17)12(3)18-5/h6-9,11-12H,10H2,1-5H3. The molecule has 1 aromatic rings. The maximum Gasteiger partial charge on any atom is 0.251 e. The van der Waals surface area contributed by atoms with E-state index in [0.717, 1.165) is 5.56 Å².